The number of anilines is 2. The molecule has 0 saturated heterocycles. The van der Waals surface area contributed by atoms with Crippen LogP contribution in [0.4, 0.5) is 11.5 Å². The Morgan fingerprint density at radius 3 is 2.94 bits per heavy atom. The molecule has 1 aliphatic rings. The number of nitrogen functional groups attached to an aromatic ring is 1. The zero-order valence-corrected chi connectivity index (χ0v) is 10.3. The normalized spacial score (nSPS) is 23.3. The zero-order chi connectivity index (χ0) is 13.0. The number of nitriles is 1. The minimum absolute atomic E-state index is 0.226. The highest BCUT2D eigenvalue weighted by atomic mass is 16.3. The summed E-state index contributed by atoms with van der Waals surface area (Å²) in [7, 11) is 0. The van der Waals surface area contributed by atoms with Crippen LogP contribution in [0.1, 0.15) is 31.4 Å². The van der Waals surface area contributed by atoms with Crippen LogP contribution in [0.3, 0.4) is 0 Å². The van der Waals surface area contributed by atoms with Gasteiger partial charge in [0.2, 0.25) is 0 Å². The van der Waals surface area contributed by atoms with Crippen LogP contribution in [0.5, 0.6) is 0 Å². The highest BCUT2D eigenvalue weighted by Gasteiger charge is 2.22. The van der Waals surface area contributed by atoms with Gasteiger partial charge < -0.3 is 16.2 Å². The molecular weight excluding hydrogens is 228 g/mol. The third-order valence-electron chi connectivity index (χ3n) is 3.45. The molecule has 18 heavy (non-hydrogen) atoms. The molecule has 0 aromatic carbocycles. The van der Waals surface area contributed by atoms with Crippen LogP contribution in [-0.4, -0.2) is 22.7 Å². The lowest BCUT2D eigenvalue weighted by Crippen LogP contribution is -2.30. The van der Waals surface area contributed by atoms with Gasteiger partial charge in [-0.25, -0.2) is 4.98 Å². The lowest BCUT2D eigenvalue weighted by atomic mass is 9.86. The van der Waals surface area contributed by atoms with Gasteiger partial charge in [-0.2, -0.15) is 5.26 Å². The van der Waals surface area contributed by atoms with E-state index in [1.165, 1.54) is 6.42 Å². The summed E-state index contributed by atoms with van der Waals surface area (Å²) in [6.07, 6.45) is 3.97. The van der Waals surface area contributed by atoms with E-state index < -0.39 is 0 Å². The van der Waals surface area contributed by atoms with Gasteiger partial charge >= 0.3 is 0 Å². The number of pyridine rings is 1. The number of hydrogen-bond donors (Lipinski definition) is 3. The van der Waals surface area contributed by atoms with E-state index in [1.54, 1.807) is 12.1 Å². The fourth-order valence-corrected chi connectivity index (χ4v) is 2.32. The Bertz CT molecular complexity index is 455. The SMILES string of the molecule is N#Cc1nc(NCC2CCCCC2O)ccc1N. The summed E-state index contributed by atoms with van der Waals surface area (Å²) in [6, 6.07) is 5.38. The van der Waals surface area contributed by atoms with Crippen LogP contribution in [0.2, 0.25) is 0 Å². The number of nitrogens with zero attached hydrogens (tertiary/aromatic N) is 2. The Balaban J connectivity index is 1.95. The summed E-state index contributed by atoms with van der Waals surface area (Å²) in [6.45, 7) is 0.683. The average molecular weight is 246 g/mol. The number of rotatable bonds is 3. The Kier molecular flexibility index (Phi) is 4.00. The van der Waals surface area contributed by atoms with Gasteiger partial charge in [-0.3, -0.25) is 0 Å². The van der Waals surface area contributed by atoms with Gasteiger partial charge in [-0.1, -0.05) is 12.8 Å². The van der Waals surface area contributed by atoms with E-state index in [4.69, 9.17) is 11.0 Å². The summed E-state index contributed by atoms with van der Waals surface area (Å²) < 4.78 is 0. The van der Waals surface area contributed by atoms with Crippen LogP contribution in [0, 0.1) is 17.2 Å². The summed E-state index contributed by atoms with van der Waals surface area (Å²) in [5, 5.41) is 21.9. The van der Waals surface area contributed by atoms with Gasteiger partial charge in [0.05, 0.1) is 11.8 Å². The third kappa shape index (κ3) is 2.90. The van der Waals surface area contributed by atoms with E-state index in [2.05, 4.69) is 10.3 Å². The Morgan fingerprint density at radius 1 is 1.44 bits per heavy atom. The molecule has 0 aliphatic heterocycles. The van der Waals surface area contributed by atoms with Crippen molar-refractivity contribution >= 4 is 11.5 Å². The second kappa shape index (κ2) is 5.69. The minimum Gasteiger partial charge on any atom is -0.396 e. The summed E-state index contributed by atoms with van der Waals surface area (Å²) >= 11 is 0. The topological polar surface area (TPSA) is 95.0 Å². The number of nitrogens with two attached hydrogens (primary N) is 1. The molecule has 1 heterocycles. The monoisotopic (exact) mass is 246 g/mol. The fourth-order valence-electron chi connectivity index (χ4n) is 2.32. The lowest BCUT2D eigenvalue weighted by Gasteiger charge is -2.27. The number of aliphatic hydroxyl groups excluding tert-OH is 1. The van der Waals surface area contributed by atoms with Crippen molar-refractivity contribution in [2.75, 3.05) is 17.6 Å². The Labute approximate surface area is 107 Å². The molecular formula is C13H18N4O. The van der Waals surface area contributed by atoms with Crippen LogP contribution in [0.15, 0.2) is 12.1 Å². The van der Waals surface area contributed by atoms with Crippen molar-refractivity contribution in [1.82, 2.24) is 4.98 Å². The number of aromatic nitrogens is 1. The molecule has 1 fully saturated rings. The van der Waals surface area contributed by atoms with E-state index in [0.29, 0.717) is 18.1 Å². The maximum atomic E-state index is 9.86. The van der Waals surface area contributed by atoms with Crippen molar-refractivity contribution in [1.29, 1.82) is 5.26 Å². The van der Waals surface area contributed by atoms with Crippen LogP contribution in [-0.2, 0) is 0 Å². The largest absolute Gasteiger partial charge is 0.396 e. The smallest absolute Gasteiger partial charge is 0.165 e. The van der Waals surface area contributed by atoms with Crippen LogP contribution < -0.4 is 11.1 Å². The molecule has 1 aromatic rings. The van der Waals surface area contributed by atoms with E-state index >= 15 is 0 Å². The number of aliphatic hydroxyl groups is 1. The van der Waals surface area contributed by atoms with Gasteiger partial charge in [0, 0.05) is 12.5 Å². The number of hydrogen-bond acceptors (Lipinski definition) is 5. The second-order valence-corrected chi connectivity index (χ2v) is 4.74. The molecule has 0 amide bonds. The Morgan fingerprint density at radius 2 is 2.22 bits per heavy atom. The molecule has 5 nitrogen and oxygen atoms in total. The van der Waals surface area contributed by atoms with Gasteiger partial charge in [0.25, 0.3) is 0 Å². The molecule has 5 heteroatoms. The molecule has 1 aliphatic carbocycles. The first kappa shape index (κ1) is 12.7. The lowest BCUT2D eigenvalue weighted by molar-refractivity contribution is 0.0763. The van der Waals surface area contributed by atoms with Gasteiger partial charge in [-0.05, 0) is 25.0 Å². The van der Waals surface area contributed by atoms with Gasteiger partial charge in [0.15, 0.2) is 5.69 Å². The van der Waals surface area contributed by atoms with E-state index in [0.717, 1.165) is 19.3 Å². The predicted octanol–water partition coefficient (Wildman–Crippen LogP) is 1.50. The zero-order valence-electron chi connectivity index (χ0n) is 10.3. The summed E-state index contributed by atoms with van der Waals surface area (Å²) in [5.41, 5.74) is 6.24. The van der Waals surface area contributed by atoms with Gasteiger partial charge in [0.1, 0.15) is 11.9 Å². The average Bonchev–Trinajstić information content (AvgIpc) is 2.39. The standard InChI is InChI=1S/C13H18N4O/c14-7-11-10(15)5-6-13(17-11)16-8-9-3-1-2-4-12(9)18/h5-6,9,12,18H,1-4,8,15H2,(H,16,17). The van der Waals surface area contributed by atoms with Crippen molar-refractivity contribution in [3.8, 4) is 6.07 Å². The van der Waals surface area contributed by atoms with Crippen molar-refractivity contribution < 1.29 is 5.11 Å². The van der Waals surface area contributed by atoms with E-state index in [9.17, 15) is 5.11 Å². The molecule has 1 saturated carbocycles. The quantitative estimate of drug-likeness (QED) is 0.751. The highest BCUT2D eigenvalue weighted by Crippen LogP contribution is 2.24. The third-order valence-corrected chi connectivity index (χ3v) is 3.45. The van der Waals surface area contributed by atoms with E-state index in [-0.39, 0.29) is 17.7 Å². The molecule has 4 N–H and O–H groups in total. The molecule has 1 aromatic heterocycles. The molecule has 2 unspecified atom stereocenters. The first-order valence-electron chi connectivity index (χ1n) is 6.29. The second-order valence-electron chi connectivity index (χ2n) is 4.74. The minimum atomic E-state index is -0.226. The maximum absolute atomic E-state index is 9.86. The molecule has 2 atom stereocenters. The summed E-state index contributed by atoms with van der Waals surface area (Å²) in [5.74, 6) is 0.905. The molecule has 96 valence electrons. The predicted molar refractivity (Wildman–Crippen MR) is 69.8 cm³/mol. The molecule has 0 bridgehead atoms. The van der Waals surface area contributed by atoms with Crippen LogP contribution in [0.25, 0.3) is 0 Å². The molecule has 0 spiro atoms. The van der Waals surface area contributed by atoms with Crippen molar-refractivity contribution in [3.05, 3.63) is 17.8 Å². The first-order chi connectivity index (χ1) is 8.70. The fraction of sp³-hybridized carbons (Fsp3) is 0.538. The molecule has 0 radical (unpaired) electrons. The van der Waals surface area contributed by atoms with E-state index in [1.807, 2.05) is 6.07 Å². The van der Waals surface area contributed by atoms with Crippen molar-refractivity contribution in [2.24, 2.45) is 5.92 Å². The number of nitrogens with one attached hydrogen (secondary N) is 1. The van der Waals surface area contributed by atoms with Crippen LogP contribution >= 0.6 is 0 Å². The highest BCUT2D eigenvalue weighted by molar-refractivity contribution is 5.54. The summed E-state index contributed by atoms with van der Waals surface area (Å²) in [4.78, 5) is 4.12. The molecule has 2 rings (SSSR count). The van der Waals surface area contributed by atoms with Crippen molar-refractivity contribution in [2.45, 2.75) is 31.8 Å². The Hall–Kier alpha value is -1.80. The van der Waals surface area contributed by atoms with Gasteiger partial charge in [-0.15, -0.1) is 0 Å². The van der Waals surface area contributed by atoms with Crippen molar-refractivity contribution in [3.63, 3.8) is 0 Å². The maximum Gasteiger partial charge on any atom is 0.165 e. The first-order valence-corrected chi connectivity index (χ1v) is 6.29.